The van der Waals surface area contributed by atoms with Crippen LogP contribution in [0.5, 0.6) is 0 Å². The van der Waals surface area contributed by atoms with Crippen LogP contribution in [0, 0.1) is 5.41 Å². The number of nitrogen functional groups attached to an aromatic ring is 1. The fraction of sp³-hybridized carbons (Fsp3) is 0.615. The molecule has 0 aliphatic carbocycles. The summed E-state index contributed by atoms with van der Waals surface area (Å²) < 4.78 is 40.2. The molecule has 5 rings (SSSR count). The molecule has 1 unspecified atom stereocenters. The van der Waals surface area contributed by atoms with Crippen LogP contribution >= 0.6 is 19.5 Å². The van der Waals surface area contributed by atoms with E-state index in [4.69, 9.17) is 24.3 Å². The van der Waals surface area contributed by atoms with Gasteiger partial charge in [0.25, 0.3) is 0 Å². The van der Waals surface area contributed by atoms with Gasteiger partial charge in [-0.3, -0.25) is 28.1 Å². The number of rotatable bonds is 12. The van der Waals surface area contributed by atoms with Gasteiger partial charge in [0.1, 0.15) is 30.1 Å². The second-order valence-corrected chi connectivity index (χ2v) is 14.3. The minimum Gasteiger partial charge on any atom is -0.394 e. The van der Waals surface area contributed by atoms with Crippen LogP contribution in [0.3, 0.4) is 0 Å². The molecule has 0 aromatic carbocycles. The zero-order valence-electron chi connectivity index (χ0n) is 24.7. The highest BCUT2D eigenvalue weighted by atomic mass is 32.2. The van der Waals surface area contributed by atoms with Gasteiger partial charge in [0.15, 0.2) is 16.6 Å². The van der Waals surface area contributed by atoms with Gasteiger partial charge in [0, 0.05) is 17.4 Å². The summed E-state index contributed by atoms with van der Waals surface area (Å²) in [5, 5.41) is 12.0. The van der Waals surface area contributed by atoms with Gasteiger partial charge in [0.05, 0.1) is 38.4 Å². The number of aliphatic hydroxyl groups is 1. The second kappa shape index (κ2) is 13.6. The summed E-state index contributed by atoms with van der Waals surface area (Å²) >= 11 is 1.07. The van der Waals surface area contributed by atoms with E-state index in [1.165, 1.54) is 23.2 Å². The van der Waals surface area contributed by atoms with Crippen LogP contribution in [-0.4, -0.2) is 77.1 Å². The average Bonchev–Trinajstić information content (AvgIpc) is 3.74. The molecular formula is C26H37N8O8PS. The quantitative estimate of drug-likeness (QED) is 0.190. The van der Waals surface area contributed by atoms with Crippen molar-refractivity contribution in [3.63, 3.8) is 0 Å². The SMILES string of the molecule is CC(C)(C)C(=O)SCCOP(=O)(Nc1ccn([C@H]2CC[C@@H](CO)O2)c(=O)n1)OC[C@@H]1CC[C@H](n2cnc3c(N)ncnc32)O1. The number of nitrogens with zero attached hydrogens (tertiary/aromatic N) is 6. The highest BCUT2D eigenvalue weighted by Gasteiger charge is 2.34. The lowest BCUT2D eigenvalue weighted by Gasteiger charge is -2.22. The molecule has 5 atom stereocenters. The Morgan fingerprint density at radius 1 is 1.14 bits per heavy atom. The number of carbonyl (C=O) groups excluding carboxylic acids is 1. The zero-order valence-corrected chi connectivity index (χ0v) is 26.4. The lowest BCUT2D eigenvalue weighted by Crippen LogP contribution is -2.28. The molecule has 3 aromatic rings. The topological polar surface area (TPSA) is 208 Å². The Morgan fingerprint density at radius 2 is 1.86 bits per heavy atom. The van der Waals surface area contributed by atoms with Gasteiger partial charge >= 0.3 is 13.4 Å². The number of hydrogen-bond acceptors (Lipinski definition) is 14. The molecular weight excluding hydrogens is 615 g/mol. The number of aromatic nitrogens is 6. The predicted octanol–water partition coefficient (Wildman–Crippen LogP) is 2.87. The average molecular weight is 653 g/mol. The van der Waals surface area contributed by atoms with Crippen molar-refractivity contribution in [2.45, 2.75) is 71.1 Å². The van der Waals surface area contributed by atoms with Crippen molar-refractivity contribution >= 4 is 47.4 Å². The third kappa shape index (κ3) is 7.65. The third-order valence-corrected chi connectivity index (χ3v) is 9.84. The summed E-state index contributed by atoms with van der Waals surface area (Å²) in [5.41, 5.74) is 5.75. The Hall–Kier alpha value is -2.92. The summed E-state index contributed by atoms with van der Waals surface area (Å²) in [6.07, 6.45) is 5.06. The lowest BCUT2D eigenvalue weighted by molar-refractivity contribution is -0.117. The second-order valence-electron chi connectivity index (χ2n) is 11.5. The minimum atomic E-state index is -4.08. The first-order chi connectivity index (χ1) is 21.0. The standard InChI is InChI=1S/C26H37N8O8PS/c1-26(2,3)24(36)44-11-10-39-43(38,32-18-8-9-33(25(37)31-18)19-6-4-16(12-35)41-19)40-13-17-5-7-20(42-17)34-15-30-21-22(27)28-14-29-23(21)34/h8-9,14-17,19-20,35H,4-7,10-13H2,1-3H3,(H2,27,28,29)(H,31,32,37,38)/t16-,17-,19+,20+,43?/m0/s1. The molecule has 2 fully saturated rings. The zero-order chi connectivity index (χ0) is 31.5. The fourth-order valence-electron chi connectivity index (χ4n) is 4.75. The Balaban J connectivity index is 1.24. The van der Waals surface area contributed by atoms with Crippen molar-refractivity contribution in [1.82, 2.24) is 29.1 Å². The first kappa shape index (κ1) is 32.5. The van der Waals surface area contributed by atoms with Gasteiger partial charge < -0.3 is 20.3 Å². The number of nitrogens with two attached hydrogens (primary N) is 1. The highest BCUT2D eigenvalue weighted by molar-refractivity contribution is 8.13. The van der Waals surface area contributed by atoms with Crippen LogP contribution in [0.1, 0.15) is 58.9 Å². The van der Waals surface area contributed by atoms with Crippen LogP contribution in [0.2, 0.25) is 0 Å². The maximum atomic E-state index is 13.9. The number of ether oxygens (including phenoxy) is 2. The summed E-state index contributed by atoms with van der Waals surface area (Å²) in [6, 6.07) is 1.47. The summed E-state index contributed by atoms with van der Waals surface area (Å²) in [5.74, 6) is 0.493. The lowest BCUT2D eigenvalue weighted by atomic mass is 10.00. The third-order valence-electron chi connectivity index (χ3n) is 7.08. The molecule has 0 spiro atoms. The van der Waals surface area contributed by atoms with Gasteiger partial charge in [-0.25, -0.2) is 24.3 Å². The number of thioether (sulfide) groups is 1. The Morgan fingerprint density at radius 3 is 2.57 bits per heavy atom. The number of anilines is 2. The van der Waals surface area contributed by atoms with Gasteiger partial charge in [-0.05, 0) is 31.7 Å². The van der Waals surface area contributed by atoms with Crippen molar-refractivity contribution in [2.75, 3.05) is 36.4 Å². The Kier molecular flexibility index (Phi) is 10.0. The molecule has 240 valence electrons. The van der Waals surface area contributed by atoms with E-state index in [9.17, 15) is 19.3 Å². The molecule has 18 heteroatoms. The van der Waals surface area contributed by atoms with Gasteiger partial charge in [-0.1, -0.05) is 32.5 Å². The molecule has 0 saturated carbocycles. The predicted molar refractivity (Wildman–Crippen MR) is 162 cm³/mol. The minimum absolute atomic E-state index is 0.0166. The number of hydrogen-bond donors (Lipinski definition) is 3. The van der Waals surface area contributed by atoms with E-state index in [0.29, 0.717) is 36.8 Å². The van der Waals surface area contributed by atoms with Crippen molar-refractivity contribution < 1.29 is 33.0 Å². The Labute approximate surface area is 257 Å². The van der Waals surface area contributed by atoms with Crippen LogP contribution in [0.15, 0.2) is 29.7 Å². The summed E-state index contributed by atoms with van der Waals surface area (Å²) in [6.45, 7) is 5.16. The Bertz CT molecular complexity index is 1580. The summed E-state index contributed by atoms with van der Waals surface area (Å²) in [7, 11) is -4.08. The number of aliphatic hydroxyl groups excluding tert-OH is 1. The van der Waals surface area contributed by atoms with E-state index in [2.05, 4.69) is 25.0 Å². The normalized spacial score (nSPS) is 23.6. The molecule has 2 saturated heterocycles. The molecule has 2 aliphatic heterocycles. The van der Waals surface area contributed by atoms with Crippen LogP contribution in [-0.2, 0) is 27.9 Å². The highest BCUT2D eigenvalue weighted by Crippen LogP contribution is 2.48. The number of nitrogens with one attached hydrogen (secondary N) is 1. The first-order valence-corrected chi connectivity index (χ1v) is 16.8. The largest absolute Gasteiger partial charge is 0.434 e. The smallest absolute Gasteiger partial charge is 0.394 e. The number of imidazole rings is 1. The van der Waals surface area contributed by atoms with Gasteiger partial charge in [0.2, 0.25) is 0 Å². The number of carbonyl (C=O) groups is 1. The molecule has 5 heterocycles. The van der Waals surface area contributed by atoms with Crippen LogP contribution < -0.4 is 16.5 Å². The first-order valence-electron chi connectivity index (χ1n) is 14.2. The van der Waals surface area contributed by atoms with Crippen LogP contribution in [0.4, 0.5) is 11.6 Å². The van der Waals surface area contributed by atoms with E-state index < -0.39 is 37.4 Å². The molecule has 2 aliphatic rings. The van der Waals surface area contributed by atoms with Crippen molar-refractivity contribution in [3.8, 4) is 0 Å². The summed E-state index contributed by atoms with van der Waals surface area (Å²) in [4.78, 5) is 41.6. The van der Waals surface area contributed by atoms with Gasteiger partial charge in [-0.2, -0.15) is 4.98 Å². The van der Waals surface area contributed by atoms with E-state index in [-0.39, 0.29) is 48.4 Å². The fourth-order valence-corrected chi connectivity index (χ4v) is 6.96. The maximum Gasteiger partial charge on any atom is 0.434 e. The molecule has 0 amide bonds. The van der Waals surface area contributed by atoms with Crippen LogP contribution in [0.25, 0.3) is 11.2 Å². The monoisotopic (exact) mass is 652 g/mol. The molecule has 4 N–H and O–H groups in total. The van der Waals surface area contributed by atoms with Gasteiger partial charge in [-0.15, -0.1) is 0 Å². The van der Waals surface area contributed by atoms with E-state index in [0.717, 1.165) is 11.8 Å². The molecule has 16 nitrogen and oxygen atoms in total. The molecule has 44 heavy (non-hydrogen) atoms. The van der Waals surface area contributed by atoms with Crippen molar-refractivity contribution in [2.24, 2.45) is 5.41 Å². The maximum absolute atomic E-state index is 13.9. The van der Waals surface area contributed by atoms with E-state index >= 15 is 0 Å². The van der Waals surface area contributed by atoms with E-state index in [1.54, 1.807) is 10.9 Å². The molecule has 0 radical (unpaired) electrons. The van der Waals surface area contributed by atoms with Crippen molar-refractivity contribution in [3.05, 3.63) is 35.4 Å². The molecule has 0 bridgehead atoms. The molecule has 3 aromatic heterocycles. The van der Waals surface area contributed by atoms with E-state index in [1.807, 2.05) is 20.8 Å². The van der Waals surface area contributed by atoms with Crippen molar-refractivity contribution in [1.29, 1.82) is 0 Å². The number of fused-ring (bicyclic) bond motifs is 1.